The molecule has 0 nitrogen and oxygen atoms in total. The van der Waals surface area contributed by atoms with Crippen LogP contribution in [-0.2, 0) is 0 Å². The summed E-state index contributed by atoms with van der Waals surface area (Å²) in [7, 11) is 0.975. The standard InChI is InChI=1S/C3H12Si2.H2/c1-5(2,3)4;/h1-4H3;1H. The molecule has 34 valence electrons. The molecule has 0 aliphatic heterocycles. The van der Waals surface area contributed by atoms with E-state index >= 15 is 0 Å². The monoisotopic (exact) mass is 106 g/mol. The zero-order valence-electron chi connectivity index (χ0n) is 4.50. The summed E-state index contributed by atoms with van der Waals surface area (Å²) in [5.74, 6) is 0. The van der Waals surface area contributed by atoms with Gasteiger partial charge < -0.3 is 0 Å². The topological polar surface area (TPSA) is 0 Å². The van der Waals surface area contributed by atoms with Crippen LogP contribution in [0.3, 0.4) is 0 Å². The number of hydrogen-bond donors (Lipinski definition) is 0. The van der Waals surface area contributed by atoms with E-state index in [4.69, 9.17) is 0 Å². The quantitative estimate of drug-likeness (QED) is 0.393. The van der Waals surface area contributed by atoms with Crippen LogP contribution in [-0.4, -0.2) is 17.4 Å². The molecule has 0 aromatic carbocycles. The molecule has 0 radical (unpaired) electrons. The molecule has 0 saturated carbocycles. The van der Waals surface area contributed by atoms with Crippen molar-refractivity contribution in [3.8, 4) is 0 Å². The van der Waals surface area contributed by atoms with Gasteiger partial charge in [-0.15, -0.1) is 0 Å². The molecule has 0 unspecified atom stereocenters. The van der Waals surface area contributed by atoms with Gasteiger partial charge in [0.05, 0.1) is 0 Å². The average molecular weight is 106 g/mol. The Morgan fingerprint density at radius 3 is 1.40 bits per heavy atom. The highest BCUT2D eigenvalue weighted by molar-refractivity contribution is 7.15. The van der Waals surface area contributed by atoms with Crippen LogP contribution in [0.4, 0.5) is 0 Å². The third kappa shape index (κ3) is 140. The molecule has 0 atom stereocenters. The minimum Gasteiger partial charge on any atom is -0.0722 e. The first-order valence-corrected chi connectivity index (χ1v) is 9.00. The molecule has 0 aromatic heterocycles. The van der Waals surface area contributed by atoms with Crippen molar-refractivity contribution in [1.82, 2.24) is 0 Å². The van der Waals surface area contributed by atoms with Gasteiger partial charge in [-0.25, -0.2) is 0 Å². The first-order chi connectivity index (χ1) is 2.00. The molecule has 0 N–H and O–H groups in total. The van der Waals surface area contributed by atoms with E-state index in [-0.39, 0.29) is 1.43 Å². The Morgan fingerprint density at radius 2 is 1.40 bits per heavy atom. The van der Waals surface area contributed by atoms with Crippen LogP contribution < -0.4 is 0 Å². The fraction of sp³-hybridized carbons (Fsp3) is 1.00. The molecule has 0 saturated heterocycles. The highest BCUT2D eigenvalue weighted by atomic mass is 29.2. The zero-order chi connectivity index (χ0) is 4.50. The van der Waals surface area contributed by atoms with E-state index in [2.05, 4.69) is 19.6 Å². The van der Waals surface area contributed by atoms with Crippen molar-refractivity contribution in [3.63, 3.8) is 0 Å². The Labute approximate surface area is 39.3 Å². The van der Waals surface area contributed by atoms with Crippen molar-refractivity contribution in [2.24, 2.45) is 0 Å². The lowest BCUT2D eigenvalue weighted by Gasteiger charge is -2.01. The first-order valence-electron chi connectivity index (χ1n) is 2.00. The van der Waals surface area contributed by atoms with Crippen LogP contribution in [0, 0.1) is 0 Å². The van der Waals surface area contributed by atoms with Gasteiger partial charge in [-0.05, 0) is 9.76 Å². The number of hydrogen-bond acceptors (Lipinski definition) is 0. The molecule has 2 heteroatoms. The Morgan fingerprint density at radius 1 is 1.40 bits per heavy atom. The van der Waals surface area contributed by atoms with Crippen LogP contribution in [0.5, 0.6) is 0 Å². The predicted octanol–water partition coefficient (Wildman–Crippen LogP) is 0.433. The fourth-order valence-electron chi connectivity index (χ4n) is 0. The van der Waals surface area contributed by atoms with Crippen molar-refractivity contribution < 1.29 is 1.43 Å². The average Bonchev–Trinajstić information content (AvgIpc) is 0.722. The second-order valence-corrected chi connectivity index (χ2v) is 18.0. The van der Waals surface area contributed by atoms with Crippen molar-refractivity contribution in [3.05, 3.63) is 0 Å². The molecule has 0 aliphatic carbocycles. The molecular weight excluding hydrogens is 92.2 g/mol. The fourth-order valence-corrected chi connectivity index (χ4v) is 0. The smallest absolute Gasteiger partial charge is 0.0271 e. The summed E-state index contributed by atoms with van der Waals surface area (Å²) in [6.45, 7) is 7.16. The van der Waals surface area contributed by atoms with Gasteiger partial charge in [-0.3, -0.25) is 0 Å². The molecule has 0 amide bonds. The molecule has 0 heterocycles. The van der Waals surface area contributed by atoms with E-state index < -0.39 is 7.59 Å². The molecule has 5 heavy (non-hydrogen) atoms. The number of rotatable bonds is 0. The van der Waals surface area contributed by atoms with Crippen LogP contribution in [0.1, 0.15) is 1.43 Å². The van der Waals surface area contributed by atoms with Crippen LogP contribution >= 0.6 is 0 Å². The minimum atomic E-state index is -0.472. The summed E-state index contributed by atoms with van der Waals surface area (Å²) in [6.07, 6.45) is 0. The summed E-state index contributed by atoms with van der Waals surface area (Å²) >= 11 is 0. The van der Waals surface area contributed by atoms with Crippen molar-refractivity contribution >= 4 is 17.4 Å². The molecule has 0 aliphatic rings. The van der Waals surface area contributed by atoms with Gasteiger partial charge in [0.2, 0.25) is 0 Å². The lowest BCUT2D eigenvalue weighted by atomic mass is 11.8. The van der Waals surface area contributed by atoms with E-state index in [9.17, 15) is 0 Å². The summed E-state index contributed by atoms with van der Waals surface area (Å²) in [4.78, 5) is 0. The van der Waals surface area contributed by atoms with Gasteiger partial charge >= 0.3 is 0 Å². The first kappa shape index (κ1) is 5.43. The van der Waals surface area contributed by atoms with Gasteiger partial charge in [0.15, 0.2) is 0 Å². The Kier molecular flexibility index (Phi) is 1.37. The van der Waals surface area contributed by atoms with E-state index in [0.29, 0.717) is 0 Å². The van der Waals surface area contributed by atoms with Crippen molar-refractivity contribution in [2.45, 2.75) is 19.6 Å². The SMILES string of the molecule is C[Si](C)(C)[SiH3].[HH]. The molecule has 0 aromatic rings. The van der Waals surface area contributed by atoms with E-state index in [0.717, 1.165) is 0 Å². The third-order valence-corrected chi connectivity index (χ3v) is 0. The molecule has 0 fully saturated rings. The maximum Gasteiger partial charge on any atom is 0.0271 e. The van der Waals surface area contributed by atoms with E-state index in [1.165, 1.54) is 9.76 Å². The second kappa shape index (κ2) is 1.26. The van der Waals surface area contributed by atoms with Gasteiger partial charge in [-0.2, -0.15) is 0 Å². The molecular formula is C3H14Si2. The predicted molar refractivity (Wildman–Crippen MR) is 35.4 cm³/mol. The summed E-state index contributed by atoms with van der Waals surface area (Å²) in [5, 5.41) is 0. The molecule has 0 rings (SSSR count). The van der Waals surface area contributed by atoms with Gasteiger partial charge in [0.25, 0.3) is 0 Å². The summed E-state index contributed by atoms with van der Waals surface area (Å²) in [6, 6.07) is 0. The third-order valence-electron chi connectivity index (χ3n) is 0. The molecule has 0 bridgehead atoms. The van der Waals surface area contributed by atoms with Crippen molar-refractivity contribution in [1.29, 1.82) is 0 Å². The minimum absolute atomic E-state index is 0. The second-order valence-electron chi connectivity index (χ2n) is 3.00. The summed E-state index contributed by atoms with van der Waals surface area (Å²) in [5.41, 5.74) is 0. The maximum absolute atomic E-state index is 2.39. The van der Waals surface area contributed by atoms with E-state index in [1.54, 1.807) is 0 Å². The van der Waals surface area contributed by atoms with Crippen LogP contribution in [0.25, 0.3) is 0 Å². The maximum atomic E-state index is 2.39. The zero-order valence-corrected chi connectivity index (χ0v) is 7.50. The highest BCUT2D eigenvalue weighted by Crippen LogP contribution is 1.87. The van der Waals surface area contributed by atoms with Crippen LogP contribution in [0.15, 0.2) is 0 Å². The van der Waals surface area contributed by atoms with Crippen molar-refractivity contribution in [2.75, 3.05) is 0 Å². The van der Waals surface area contributed by atoms with Gasteiger partial charge in [0, 0.05) is 9.02 Å². The van der Waals surface area contributed by atoms with Gasteiger partial charge in [-0.1, -0.05) is 19.6 Å². The lowest BCUT2D eigenvalue weighted by molar-refractivity contribution is 1.87. The summed E-state index contributed by atoms with van der Waals surface area (Å²) < 4.78 is 0. The van der Waals surface area contributed by atoms with E-state index in [1.807, 2.05) is 0 Å². The largest absolute Gasteiger partial charge is 0.0722 e. The Hall–Kier alpha value is 0.434. The normalized spacial score (nSPS) is 12.6. The van der Waals surface area contributed by atoms with Gasteiger partial charge in [0.1, 0.15) is 0 Å². The Balaban J connectivity index is 0. The highest BCUT2D eigenvalue weighted by Gasteiger charge is 1.99. The van der Waals surface area contributed by atoms with Crippen LogP contribution in [0.2, 0.25) is 19.6 Å². The molecule has 0 spiro atoms. The lowest BCUT2D eigenvalue weighted by Crippen LogP contribution is -2.18. The Bertz CT molecular complexity index is 24.3.